The molecular formula is C14H22N4O2. The number of aromatic carboxylic acids is 1. The molecule has 6 heteroatoms. The van der Waals surface area contributed by atoms with E-state index >= 15 is 0 Å². The Kier molecular flexibility index (Phi) is 4.89. The molecular weight excluding hydrogens is 256 g/mol. The number of carbonyl (C=O) groups is 1. The summed E-state index contributed by atoms with van der Waals surface area (Å²) in [4.78, 5) is 21.7. The van der Waals surface area contributed by atoms with Gasteiger partial charge in [0, 0.05) is 18.3 Å². The number of hydrogen-bond acceptors (Lipinski definition) is 5. The molecule has 2 N–H and O–H groups in total. The van der Waals surface area contributed by atoms with Crippen LogP contribution in [-0.4, -0.2) is 51.6 Å². The minimum absolute atomic E-state index is 0.0330. The Balaban J connectivity index is 1.94. The largest absolute Gasteiger partial charge is 0.477 e. The summed E-state index contributed by atoms with van der Waals surface area (Å²) in [7, 11) is 0. The summed E-state index contributed by atoms with van der Waals surface area (Å²) in [5.41, 5.74) is 0.691. The van der Waals surface area contributed by atoms with E-state index in [1.165, 1.54) is 25.3 Å². The molecule has 0 aromatic carbocycles. The van der Waals surface area contributed by atoms with Gasteiger partial charge >= 0.3 is 5.97 Å². The first kappa shape index (κ1) is 14.7. The summed E-state index contributed by atoms with van der Waals surface area (Å²) in [5.74, 6) is -0.631. The first-order valence-corrected chi connectivity index (χ1v) is 7.13. The van der Waals surface area contributed by atoms with Crippen molar-refractivity contribution in [2.75, 3.05) is 25.0 Å². The highest BCUT2D eigenvalue weighted by molar-refractivity contribution is 5.85. The maximum atomic E-state index is 11.0. The number of anilines is 1. The van der Waals surface area contributed by atoms with Gasteiger partial charge in [0.2, 0.25) is 5.95 Å². The van der Waals surface area contributed by atoms with Crippen molar-refractivity contribution in [2.45, 2.75) is 39.2 Å². The molecule has 0 spiro atoms. The molecule has 1 aliphatic heterocycles. The Morgan fingerprint density at radius 2 is 2.10 bits per heavy atom. The lowest BCUT2D eigenvalue weighted by Crippen LogP contribution is -2.41. The van der Waals surface area contributed by atoms with Crippen LogP contribution in [0.1, 0.15) is 42.4 Å². The third-order valence-electron chi connectivity index (χ3n) is 3.64. The van der Waals surface area contributed by atoms with Crippen LogP contribution in [-0.2, 0) is 0 Å². The van der Waals surface area contributed by atoms with Crippen LogP contribution in [0, 0.1) is 6.92 Å². The van der Waals surface area contributed by atoms with Gasteiger partial charge in [0.05, 0.1) is 0 Å². The fourth-order valence-electron chi connectivity index (χ4n) is 2.48. The van der Waals surface area contributed by atoms with Crippen LogP contribution < -0.4 is 5.32 Å². The Bertz CT molecular complexity index is 472. The summed E-state index contributed by atoms with van der Waals surface area (Å²) < 4.78 is 0. The molecule has 2 rings (SSSR count). The molecule has 0 amide bonds. The van der Waals surface area contributed by atoms with Crippen molar-refractivity contribution in [3.8, 4) is 0 Å². The van der Waals surface area contributed by atoms with E-state index in [9.17, 15) is 4.79 Å². The molecule has 20 heavy (non-hydrogen) atoms. The smallest absolute Gasteiger partial charge is 0.354 e. The van der Waals surface area contributed by atoms with Crippen molar-refractivity contribution in [1.29, 1.82) is 0 Å². The number of aryl methyl sites for hydroxylation is 1. The number of carboxylic acids is 1. The fraction of sp³-hybridized carbons (Fsp3) is 0.643. The third kappa shape index (κ3) is 3.90. The number of nitrogens with one attached hydrogen (secondary N) is 1. The minimum atomic E-state index is -1.03. The van der Waals surface area contributed by atoms with E-state index in [0.717, 1.165) is 19.6 Å². The lowest BCUT2D eigenvalue weighted by atomic mass is 10.1. The molecule has 2 heterocycles. The van der Waals surface area contributed by atoms with E-state index in [2.05, 4.69) is 27.1 Å². The Hall–Kier alpha value is -1.69. The number of piperidine rings is 1. The number of carboxylic acid groups (broad SMARTS) is 1. The zero-order chi connectivity index (χ0) is 14.5. The van der Waals surface area contributed by atoms with Gasteiger partial charge in [-0.05, 0) is 45.8 Å². The van der Waals surface area contributed by atoms with Crippen molar-refractivity contribution in [3.05, 3.63) is 17.5 Å². The number of rotatable bonds is 5. The van der Waals surface area contributed by atoms with Gasteiger partial charge in [0.1, 0.15) is 0 Å². The molecule has 0 radical (unpaired) electrons. The van der Waals surface area contributed by atoms with Gasteiger partial charge in [-0.15, -0.1) is 0 Å². The zero-order valence-electron chi connectivity index (χ0n) is 12.1. The maximum absolute atomic E-state index is 11.0. The number of hydrogen-bond donors (Lipinski definition) is 2. The van der Waals surface area contributed by atoms with E-state index < -0.39 is 5.97 Å². The van der Waals surface area contributed by atoms with E-state index in [-0.39, 0.29) is 5.69 Å². The minimum Gasteiger partial charge on any atom is -0.477 e. The Morgan fingerprint density at radius 1 is 1.40 bits per heavy atom. The molecule has 1 unspecified atom stereocenters. The average Bonchev–Trinajstić information content (AvgIpc) is 2.45. The van der Waals surface area contributed by atoms with E-state index in [0.29, 0.717) is 17.7 Å². The van der Waals surface area contributed by atoms with Crippen LogP contribution >= 0.6 is 0 Å². The van der Waals surface area contributed by atoms with Crippen LogP contribution in [0.25, 0.3) is 0 Å². The first-order valence-electron chi connectivity index (χ1n) is 7.13. The summed E-state index contributed by atoms with van der Waals surface area (Å²) >= 11 is 0. The normalized spacial score (nSPS) is 17.7. The summed E-state index contributed by atoms with van der Waals surface area (Å²) in [6.07, 6.45) is 3.84. The van der Waals surface area contributed by atoms with Crippen molar-refractivity contribution in [1.82, 2.24) is 14.9 Å². The predicted molar refractivity (Wildman–Crippen MR) is 77.1 cm³/mol. The molecule has 0 aliphatic carbocycles. The molecule has 0 saturated carbocycles. The number of nitrogens with zero attached hydrogens (tertiary/aromatic N) is 3. The van der Waals surface area contributed by atoms with Crippen LogP contribution in [0.4, 0.5) is 5.95 Å². The van der Waals surface area contributed by atoms with Crippen molar-refractivity contribution in [3.63, 3.8) is 0 Å². The van der Waals surface area contributed by atoms with Crippen molar-refractivity contribution >= 4 is 11.9 Å². The Morgan fingerprint density at radius 3 is 2.75 bits per heavy atom. The first-order chi connectivity index (χ1) is 9.56. The lowest BCUT2D eigenvalue weighted by molar-refractivity contribution is 0.0690. The quantitative estimate of drug-likeness (QED) is 0.854. The van der Waals surface area contributed by atoms with Gasteiger partial charge in [0.15, 0.2) is 5.69 Å². The summed E-state index contributed by atoms with van der Waals surface area (Å²) in [6.45, 7) is 6.94. The van der Waals surface area contributed by atoms with Gasteiger partial charge < -0.3 is 10.4 Å². The SMILES string of the molecule is Cc1cc(C(=O)O)nc(NCC(C)N2CCCCC2)n1. The van der Waals surface area contributed by atoms with Crippen LogP contribution in [0.15, 0.2) is 6.07 Å². The summed E-state index contributed by atoms with van der Waals surface area (Å²) in [5, 5.41) is 12.1. The van der Waals surface area contributed by atoms with Crippen LogP contribution in [0.3, 0.4) is 0 Å². The van der Waals surface area contributed by atoms with Gasteiger partial charge in [-0.1, -0.05) is 6.42 Å². The molecule has 110 valence electrons. The second-order valence-corrected chi connectivity index (χ2v) is 5.35. The second-order valence-electron chi connectivity index (χ2n) is 5.35. The van der Waals surface area contributed by atoms with E-state index in [1.54, 1.807) is 6.92 Å². The highest BCUT2D eigenvalue weighted by atomic mass is 16.4. The molecule has 1 atom stereocenters. The lowest BCUT2D eigenvalue weighted by Gasteiger charge is -2.32. The van der Waals surface area contributed by atoms with Crippen molar-refractivity contribution < 1.29 is 9.90 Å². The molecule has 0 bridgehead atoms. The van der Waals surface area contributed by atoms with E-state index in [4.69, 9.17) is 5.11 Å². The maximum Gasteiger partial charge on any atom is 0.354 e. The highest BCUT2D eigenvalue weighted by Crippen LogP contribution is 2.12. The monoisotopic (exact) mass is 278 g/mol. The zero-order valence-corrected chi connectivity index (χ0v) is 12.1. The number of aromatic nitrogens is 2. The topological polar surface area (TPSA) is 78.3 Å². The van der Waals surface area contributed by atoms with Crippen LogP contribution in [0.2, 0.25) is 0 Å². The van der Waals surface area contributed by atoms with Gasteiger partial charge in [-0.2, -0.15) is 0 Å². The van der Waals surface area contributed by atoms with Gasteiger partial charge in [0.25, 0.3) is 0 Å². The predicted octanol–water partition coefficient (Wildman–Crippen LogP) is 1.77. The second kappa shape index (κ2) is 6.65. The molecule has 1 fully saturated rings. The molecule has 1 aromatic rings. The third-order valence-corrected chi connectivity index (χ3v) is 3.64. The van der Waals surface area contributed by atoms with Crippen LogP contribution in [0.5, 0.6) is 0 Å². The van der Waals surface area contributed by atoms with E-state index in [1.807, 2.05) is 0 Å². The molecule has 1 aromatic heterocycles. The highest BCUT2D eigenvalue weighted by Gasteiger charge is 2.17. The van der Waals surface area contributed by atoms with Gasteiger partial charge in [-0.25, -0.2) is 14.8 Å². The average molecular weight is 278 g/mol. The fourth-order valence-corrected chi connectivity index (χ4v) is 2.48. The Labute approximate surface area is 119 Å². The molecule has 1 aliphatic rings. The van der Waals surface area contributed by atoms with Crippen molar-refractivity contribution in [2.24, 2.45) is 0 Å². The molecule has 1 saturated heterocycles. The standard InChI is InChI=1S/C14H22N4O2/c1-10-8-12(13(19)20)17-14(16-10)15-9-11(2)18-6-4-3-5-7-18/h8,11H,3-7,9H2,1-2H3,(H,19,20)(H,15,16,17). The van der Waals surface area contributed by atoms with Gasteiger partial charge in [-0.3, -0.25) is 4.90 Å². The summed E-state index contributed by atoms with van der Waals surface area (Å²) in [6, 6.07) is 1.87. The molecule has 6 nitrogen and oxygen atoms in total. The number of likely N-dealkylation sites (tertiary alicyclic amines) is 1.